The Morgan fingerprint density at radius 3 is 2.59 bits per heavy atom. The van der Waals surface area contributed by atoms with E-state index in [0.717, 1.165) is 10.9 Å². The number of aryl methyl sites for hydroxylation is 2. The van der Waals surface area contributed by atoms with Crippen molar-refractivity contribution < 1.29 is 18.7 Å². The van der Waals surface area contributed by atoms with Gasteiger partial charge in [-0.3, -0.25) is 9.59 Å². The topological polar surface area (TPSA) is 76.7 Å². The van der Waals surface area contributed by atoms with Crippen LogP contribution in [0, 0.1) is 6.92 Å². The van der Waals surface area contributed by atoms with E-state index >= 15 is 0 Å². The van der Waals surface area contributed by atoms with Crippen LogP contribution in [0.5, 0.6) is 0 Å². The lowest BCUT2D eigenvalue weighted by molar-refractivity contribution is 0.0284. The average Bonchev–Trinajstić information content (AvgIpc) is 3.24. The Morgan fingerprint density at radius 1 is 1.11 bits per heavy atom. The molecule has 1 aromatic carbocycles. The maximum Gasteiger partial charge on any atom is 0.289 e. The van der Waals surface area contributed by atoms with Crippen molar-refractivity contribution in [2.75, 3.05) is 31.6 Å². The van der Waals surface area contributed by atoms with E-state index in [1.807, 2.05) is 32.3 Å². The molecule has 140 valence electrons. The molecule has 0 saturated carbocycles. The third-order valence-electron chi connectivity index (χ3n) is 4.66. The molecular weight excluding hydrogens is 346 g/mol. The van der Waals surface area contributed by atoms with Crippen molar-refractivity contribution in [2.45, 2.75) is 6.92 Å². The number of aromatic nitrogens is 1. The minimum atomic E-state index is -0.182. The molecule has 1 saturated heterocycles. The molecule has 0 aliphatic carbocycles. The number of amides is 2. The molecule has 2 amide bonds. The van der Waals surface area contributed by atoms with Gasteiger partial charge in [0.1, 0.15) is 11.3 Å². The van der Waals surface area contributed by atoms with Gasteiger partial charge in [-0.2, -0.15) is 0 Å². The monoisotopic (exact) mass is 367 g/mol. The van der Waals surface area contributed by atoms with Crippen LogP contribution in [-0.2, 0) is 11.8 Å². The summed E-state index contributed by atoms with van der Waals surface area (Å²) in [5.41, 5.74) is 2.87. The van der Waals surface area contributed by atoms with Crippen LogP contribution >= 0.6 is 0 Å². The standard InChI is InChI=1S/C20H21N3O4/c1-13-9-16(22(2)12-13)19(24)21-15-3-4-17-14(10-15)11-18(27-17)20(25)23-5-7-26-8-6-23/h3-4,9-12H,5-8H2,1-2H3,(H,21,24). The number of fused-ring (bicyclic) bond motifs is 1. The first-order valence-corrected chi connectivity index (χ1v) is 8.86. The van der Waals surface area contributed by atoms with E-state index in [-0.39, 0.29) is 11.8 Å². The number of morpholine rings is 1. The van der Waals surface area contributed by atoms with E-state index in [2.05, 4.69) is 5.32 Å². The van der Waals surface area contributed by atoms with Gasteiger partial charge in [-0.05, 0) is 42.8 Å². The van der Waals surface area contributed by atoms with E-state index in [1.54, 1.807) is 27.7 Å². The summed E-state index contributed by atoms with van der Waals surface area (Å²) in [5.74, 6) is -0.0223. The molecule has 0 bridgehead atoms. The summed E-state index contributed by atoms with van der Waals surface area (Å²) in [4.78, 5) is 26.8. The summed E-state index contributed by atoms with van der Waals surface area (Å²) in [6, 6.07) is 8.89. The second-order valence-electron chi connectivity index (χ2n) is 6.74. The highest BCUT2D eigenvalue weighted by Gasteiger charge is 2.22. The van der Waals surface area contributed by atoms with Gasteiger partial charge >= 0.3 is 0 Å². The van der Waals surface area contributed by atoms with Gasteiger partial charge in [-0.1, -0.05) is 0 Å². The Kier molecular flexibility index (Phi) is 4.45. The number of nitrogens with zero attached hydrogens (tertiary/aromatic N) is 2. The first kappa shape index (κ1) is 17.4. The van der Waals surface area contributed by atoms with Crippen molar-refractivity contribution >= 4 is 28.5 Å². The Morgan fingerprint density at radius 2 is 1.89 bits per heavy atom. The number of carbonyl (C=O) groups excluding carboxylic acids is 2. The van der Waals surface area contributed by atoms with Crippen molar-refractivity contribution in [1.82, 2.24) is 9.47 Å². The molecule has 4 rings (SSSR count). The Bertz CT molecular complexity index is 1010. The number of nitrogens with one attached hydrogen (secondary N) is 1. The van der Waals surface area contributed by atoms with Crippen LogP contribution < -0.4 is 5.32 Å². The highest BCUT2D eigenvalue weighted by atomic mass is 16.5. The largest absolute Gasteiger partial charge is 0.451 e. The lowest BCUT2D eigenvalue weighted by atomic mass is 10.2. The maximum absolute atomic E-state index is 12.6. The average molecular weight is 367 g/mol. The van der Waals surface area contributed by atoms with Gasteiger partial charge in [-0.15, -0.1) is 0 Å². The normalized spacial score (nSPS) is 14.5. The van der Waals surface area contributed by atoms with Gasteiger partial charge in [0.25, 0.3) is 11.8 Å². The number of carbonyl (C=O) groups is 2. The van der Waals surface area contributed by atoms with Crippen molar-refractivity contribution in [3.05, 3.63) is 53.5 Å². The van der Waals surface area contributed by atoms with Crippen LogP contribution in [-0.4, -0.2) is 47.6 Å². The molecule has 0 radical (unpaired) electrons. The molecule has 2 aromatic heterocycles. The fraction of sp³-hybridized carbons (Fsp3) is 0.300. The van der Waals surface area contributed by atoms with Crippen molar-refractivity contribution in [3.8, 4) is 0 Å². The fourth-order valence-electron chi connectivity index (χ4n) is 3.30. The van der Waals surface area contributed by atoms with Gasteiger partial charge < -0.3 is 23.9 Å². The molecular formula is C20H21N3O4. The van der Waals surface area contributed by atoms with E-state index in [9.17, 15) is 9.59 Å². The number of furan rings is 1. The minimum absolute atomic E-state index is 0.139. The molecule has 1 aliphatic rings. The van der Waals surface area contributed by atoms with Crippen LogP contribution in [0.4, 0.5) is 5.69 Å². The zero-order chi connectivity index (χ0) is 19.0. The predicted molar refractivity (Wildman–Crippen MR) is 101 cm³/mol. The molecule has 7 nitrogen and oxygen atoms in total. The van der Waals surface area contributed by atoms with E-state index < -0.39 is 0 Å². The van der Waals surface area contributed by atoms with E-state index in [1.165, 1.54) is 0 Å². The van der Waals surface area contributed by atoms with Gasteiger partial charge in [-0.25, -0.2) is 0 Å². The number of anilines is 1. The van der Waals surface area contributed by atoms with Crippen LogP contribution in [0.3, 0.4) is 0 Å². The molecule has 0 atom stereocenters. The number of hydrogen-bond acceptors (Lipinski definition) is 4. The van der Waals surface area contributed by atoms with E-state index in [4.69, 9.17) is 9.15 Å². The van der Waals surface area contributed by atoms with Gasteiger partial charge in [0.15, 0.2) is 5.76 Å². The van der Waals surface area contributed by atoms with Crippen molar-refractivity contribution in [3.63, 3.8) is 0 Å². The van der Waals surface area contributed by atoms with Crippen molar-refractivity contribution in [1.29, 1.82) is 0 Å². The summed E-state index contributed by atoms with van der Waals surface area (Å²) in [7, 11) is 1.84. The fourth-order valence-corrected chi connectivity index (χ4v) is 3.30. The Labute approximate surface area is 156 Å². The first-order chi connectivity index (χ1) is 13.0. The highest BCUT2D eigenvalue weighted by Crippen LogP contribution is 2.24. The second-order valence-corrected chi connectivity index (χ2v) is 6.74. The zero-order valence-corrected chi connectivity index (χ0v) is 15.3. The number of ether oxygens (including phenoxy) is 1. The van der Waals surface area contributed by atoms with Gasteiger partial charge in [0, 0.05) is 37.4 Å². The van der Waals surface area contributed by atoms with Crippen molar-refractivity contribution in [2.24, 2.45) is 7.05 Å². The van der Waals surface area contributed by atoms with E-state index in [0.29, 0.717) is 49.0 Å². The molecule has 27 heavy (non-hydrogen) atoms. The zero-order valence-electron chi connectivity index (χ0n) is 15.3. The van der Waals surface area contributed by atoms with Gasteiger partial charge in [0.05, 0.1) is 13.2 Å². The van der Waals surface area contributed by atoms with Gasteiger partial charge in [0.2, 0.25) is 0 Å². The molecule has 3 aromatic rings. The summed E-state index contributed by atoms with van der Waals surface area (Å²) >= 11 is 0. The Balaban J connectivity index is 1.54. The summed E-state index contributed by atoms with van der Waals surface area (Å²) in [5, 5.41) is 3.66. The quantitative estimate of drug-likeness (QED) is 0.772. The smallest absolute Gasteiger partial charge is 0.289 e. The lowest BCUT2D eigenvalue weighted by Crippen LogP contribution is -2.40. The third-order valence-corrected chi connectivity index (χ3v) is 4.66. The molecule has 1 fully saturated rings. The lowest BCUT2D eigenvalue weighted by Gasteiger charge is -2.25. The van der Waals surface area contributed by atoms with Crippen LogP contribution in [0.1, 0.15) is 26.6 Å². The number of hydrogen-bond donors (Lipinski definition) is 1. The molecule has 1 aliphatic heterocycles. The minimum Gasteiger partial charge on any atom is -0.451 e. The maximum atomic E-state index is 12.6. The SMILES string of the molecule is Cc1cc(C(=O)Nc2ccc3oc(C(=O)N4CCOCC4)cc3c2)n(C)c1. The number of rotatable bonds is 3. The third kappa shape index (κ3) is 3.46. The van der Waals surface area contributed by atoms with Crippen LogP contribution in [0.25, 0.3) is 11.0 Å². The highest BCUT2D eigenvalue weighted by molar-refractivity contribution is 6.04. The second kappa shape index (κ2) is 6.92. The predicted octanol–water partition coefficient (Wildman–Crippen LogP) is 2.80. The summed E-state index contributed by atoms with van der Waals surface area (Å²) < 4.78 is 12.8. The van der Waals surface area contributed by atoms with Crippen LogP contribution in [0.15, 0.2) is 40.9 Å². The number of benzene rings is 1. The Hall–Kier alpha value is -3.06. The molecule has 3 heterocycles. The molecule has 1 N–H and O–H groups in total. The first-order valence-electron chi connectivity index (χ1n) is 8.86. The molecule has 7 heteroatoms. The molecule has 0 unspecified atom stereocenters. The molecule has 0 spiro atoms. The summed E-state index contributed by atoms with van der Waals surface area (Å²) in [6.07, 6.45) is 1.90. The summed E-state index contributed by atoms with van der Waals surface area (Å²) in [6.45, 7) is 4.16. The van der Waals surface area contributed by atoms with Crippen LogP contribution in [0.2, 0.25) is 0 Å².